The number of urea groups is 1. The molecule has 25 heavy (non-hydrogen) atoms. The van der Waals surface area contributed by atoms with E-state index in [1.165, 1.54) is 6.07 Å². The van der Waals surface area contributed by atoms with Gasteiger partial charge in [-0.15, -0.1) is 0 Å². The van der Waals surface area contributed by atoms with E-state index in [1.54, 1.807) is 27.8 Å². The van der Waals surface area contributed by atoms with Crippen LogP contribution in [0.4, 0.5) is 4.79 Å². The highest BCUT2D eigenvalue weighted by Crippen LogP contribution is 2.19. The van der Waals surface area contributed by atoms with Crippen LogP contribution in [0.1, 0.15) is 28.2 Å². The lowest BCUT2D eigenvalue weighted by molar-refractivity contribution is 0.0689. The van der Waals surface area contributed by atoms with Gasteiger partial charge in [0.25, 0.3) is 0 Å². The number of carbonyl (C=O) groups excluding carboxylic acids is 1. The SMILES string of the molecule is O=C(O)c1cc2n(n1)CCCN(C(=O)NCc1cc(Cl)cc(Cl)c1)C2. The van der Waals surface area contributed by atoms with Crippen molar-refractivity contribution >= 4 is 35.2 Å². The quantitative estimate of drug-likeness (QED) is 0.853. The Morgan fingerprint density at radius 2 is 1.88 bits per heavy atom. The molecule has 0 saturated heterocycles. The Kier molecular flexibility index (Phi) is 5.15. The summed E-state index contributed by atoms with van der Waals surface area (Å²) in [5.41, 5.74) is 1.50. The molecule has 0 spiro atoms. The maximum Gasteiger partial charge on any atom is 0.356 e. The molecular formula is C16H16Cl2N4O3. The van der Waals surface area contributed by atoms with Gasteiger partial charge in [0, 0.05) is 29.7 Å². The molecule has 0 fully saturated rings. The molecule has 1 aromatic carbocycles. The van der Waals surface area contributed by atoms with E-state index >= 15 is 0 Å². The molecule has 0 unspecified atom stereocenters. The number of aryl methyl sites for hydroxylation is 1. The molecule has 9 heteroatoms. The molecule has 2 N–H and O–H groups in total. The topological polar surface area (TPSA) is 87.5 Å². The third-order valence-electron chi connectivity index (χ3n) is 3.89. The van der Waals surface area contributed by atoms with Gasteiger partial charge in [0.15, 0.2) is 5.69 Å². The van der Waals surface area contributed by atoms with Crippen LogP contribution in [0, 0.1) is 0 Å². The minimum absolute atomic E-state index is 0.00849. The predicted molar refractivity (Wildman–Crippen MR) is 92.9 cm³/mol. The highest BCUT2D eigenvalue weighted by atomic mass is 35.5. The second-order valence-corrected chi connectivity index (χ2v) is 6.63. The van der Waals surface area contributed by atoms with Crippen molar-refractivity contribution in [1.82, 2.24) is 20.0 Å². The molecule has 0 atom stereocenters. The van der Waals surface area contributed by atoms with Gasteiger partial charge in [0.05, 0.1) is 12.2 Å². The van der Waals surface area contributed by atoms with E-state index in [2.05, 4.69) is 10.4 Å². The summed E-state index contributed by atoms with van der Waals surface area (Å²) in [6.45, 7) is 1.75. The Hall–Kier alpha value is -2.25. The summed E-state index contributed by atoms with van der Waals surface area (Å²) in [5.74, 6) is -1.07. The van der Waals surface area contributed by atoms with Crippen molar-refractivity contribution < 1.29 is 14.7 Å². The zero-order valence-corrected chi connectivity index (χ0v) is 14.7. The molecule has 0 aliphatic carbocycles. The van der Waals surface area contributed by atoms with Crippen LogP contribution in [0.5, 0.6) is 0 Å². The molecule has 1 aliphatic heterocycles. The number of benzene rings is 1. The van der Waals surface area contributed by atoms with E-state index in [4.69, 9.17) is 28.3 Å². The van der Waals surface area contributed by atoms with Crippen molar-refractivity contribution in [1.29, 1.82) is 0 Å². The van der Waals surface area contributed by atoms with Crippen LogP contribution in [0.15, 0.2) is 24.3 Å². The van der Waals surface area contributed by atoms with E-state index < -0.39 is 5.97 Å². The lowest BCUT2D eigenvalue weighted by Crippen LogP contribution is -2.39. The zero-order chi connectivity index (χ0) is 18.0. The summed E-state index contributed by atoms with van der Waals surface area (Å²) >= 11 is 11.9. The average molecular weight is 383 g/mol. The number of fused-ring (bicyclic) bond motifs is 1. The molecule has 0 saturated carbocycles. The van der Waals surface area contributed by atoms with Gasteiger partial charge < -0.3 is 15.3 Å². The van der Waals surface area contributed by atoms with Gasteiger partial charge in [-0.2, -0.15) is 5.10 Å². The van der Waals surface area contributed by atoms with Gasteiger partial charge in [-0.3, -0.25) is 4.68 Å². The maximum absolute atomic E-state index is 12.4. The molecule has 2 aromatic rings. The number of carbonyl (C=O) groups is 2. The van der Waals surface area contributed by atoms with Crippen molar-refractivity contribution in [3.8, 4) is 0 Å². The smallest absolute Gasteiger partial charge is 0.356 e. The van der Waals surface area contributed by atoms with Crippen molar-refractivity contribution in [2.45, 2.75) is 26.1 Å². The molecule has 0 radical (unpaired) electrons. The summed E-state index contributed by atoms with van der Waals surface area (Å²) in [5, 5.41) is 16.9. The standard InChI is InChI=1S/C16H16Cl2N4O3/c17-11-4-10(5-12(18)6-11)8-19-16(25)21-2-1-3-22-13(9-21)7-14(20-22)15(23)24/h4-7H,1-3,8-9H2,(H,19,25)(H,23,24). The predicted octanol–water partition coefficient (Wildman–Crippen LogP) is 3.00. The first kappa shape index (κ1) is 17.6. The fourth-order valence-corrected chi connectivity index (χ4v) is 3.31. The van der Waals surface area contributed by atoms with Gasteiger partial charge in [-0.1, -0.05) is 23.2 Å². The van der Waals surface area contributed by atoms with Crippen molar-refractivity contribution in [2.75, 3.05) is 6.54 Å². The fraction of sp³-hybridized carbons (Fsp3) is 0.312. The summed E-state index contributed by atoms with van der Waals surface area (Å²) in [6, 6.07) is 6.38. The van der Waals surface area contributed by atoms with E-state index in [1.807, 2.05) is 0 Å². The van der Waals surface area contributed by atoms with E-state index in [-0.39, 0.29) is 11.7 Å². The molecular weight excluding hydrogens is 367 g/mol. The molecule has 2 heterocycles. The van der Waals surface area contributed by atoms with Crippen molar-refractivity contribution in [2.24, 2.45) is 0 Å². The highest BCUT2D eigenvalue weighted by Gasteiger charge is 2.22. The van der Waals surface area contributed by atoms with Gasteiger partial charge in [-0.05, 0) is 36.2 Å². The van der Waals surface area contributed by atoms with E-state index in [0.717, 1.165) is 5.56 Å². The minimum atomic E-state index is -1.07. The molecule has 1 aliphatic rings. The van der Waals surface area contributed by atoms with Crippen LogP contribution in [-0.4, -0.2) is 38.3 Å². The highest BCUT2D eigenvalue weighted by molar-refractivity contribution is 6.34. The second-order valence-electron chi connectivity index (χ2n) is 5.76. The first-order valence-corrected chi connectivity index (χ1v) is 8.46. The normalized spacial score (nSPS) is 13.9. The summed E-state index contributed by atoms with van der Waals surface area (Å²) in [4.78, 5) is 25.1. The first-order chi connectivity index (χ1) is 11.9. The Balaban J connectivity index is 1.66. The van der Waals surface area contributed by atoms with Crippen LogP contribution in [0.3, 0.4) is 0 Å². The third-order valence-corrected chi connectivity index (χ3v) is 4.32. The number of nitrogens with zero attached hydrogens (tertiary/aromatic N) is 3. The molecule has 7 nitrogen and oxygen atoms in total. The first-order valence-electron chi connectivity index (χ1n) is 7.70. The Morgan fingerprint density at radius 1 is 1.16 bits per heavy atom. The van der Waals surface area contributed by atoms with Crippen LogP contribution in [0.25, 0.3) is 0 Å². The summed E-state index contributed by atoms with van der Waals surface area (Å²) in [7, 11) is 0. The molecule has 1 aromatic heterocycles. The number of aromatic carboxylic acids is 1. The van der Waals surface area contributed by atoms with Crippen LogP contribution >= 0.6 is 23.2 Å². The number of nitrogens with one attached hydrogen (secondary N) is 1. The van der Waals surface area contributed by atoms with Crippen LogP contribution < -0.4 is 5.32 Å². The van der Waals surface area contributed by atoms with Crippen molar-refractivity contribution in [3.05, 3.63) is 51.3 Å². The van der Waals surface area contributed by atoms with Gasteiger partial charge in [-0.25, -0.2) is 9.59 Å². The number of rotatable bonds is 3. The number of hydrogen-bond acceptors (Lipinski definition) is 3. The van der Waals surface area contributed by atoms with Gasteiger partial charge in [0.2, 0.25) is 0 Å². The summed E-state index contributed by atoms with van der Waals surface area (Å²) in [6.07, 6.45) is 0.699. The van der Waals surface area contributed by atoms with Gasteiger partial charge >= 0.3 is 12.0 Å². The lowest BCUT2D eigenvalue weighted by Gasteiger charge is -2.20. The van der Waals surface area contributed by atoms with Crippen molar-refractivity contribution in [3.63, 3.8) is 0 Å². The molecule has 132 valence electrons. The number of amides is 2. The Morgan fingerprint density at radius 3 is 2.56 bits per heavy atom. The molecule has 2 amide bonds. The monoisotopic (exact) mass is 382 g/mol. The fourth-order valence-electron chi connectivity index (χ4n) is 2.74. The Bertz CT molecular complexity index is 801. The summed E-state index contributed by atoms with van der Waals surface area (Å²) < 4.78 is 1.65. The van der Waals surface area contributed by atoms with Crippen LogP contribution in [-0.2, 0) is 19.6 Å². The average Bonchev–Trinajstić information content (AvgIpc) is 2.84. The number of hydrogen-bond donors (Lipinski definition) is 2. The van der Waals surface area contributed by atoms with E-state index in [0.29, 0.717) is 48.3 Å². The molecule has 3 rings (SSSR count). The van der Waals surface area contributed by atoms with E-state index in [9.17, 15) is 9.59 Å². The number of carboxylic acid groups (broad SMARTS) is 1. The lowest BCUT2D eigenvalue weighted by atomic mass is 10.2. The third kappa shape index (κ3) is 4.24. The van der Waals surface area contributed by atoms with Crippen LogP contribution in [0.2, 0.25) is 10.0 Å². The minimum Gasteiger partial charge on any atom is -0.476 e. The number of aromatic nitrogens is 2. The Labute approximate surface area is 154 Å². The zero-order valence-electron chi connectivity index (χ0n) is 13.2. The maximum atomic E-state index is 12.4. The largest absolute Gasteiger partial charge is 0.476 e. The number of halogens is 2. The second kappa shape index (κ2) is 7.33. The number of carboxylic acids is 1. The van der Waals surface area contributed by atoms with Gasteiger partial charge in [0.1, 0.15) is 0 Å². The molecule has 0 bridgehead atoms.